The molecule has 1 amide bonds. The van der Waals surface area contributed by atoms with Gasteiger partial charge in [0, 0.05) is 13.1 Å². The Hall–Kier alpha value is -1.77. The summed E-state index contributed by atoms with van der Waals surface area (Å²) in [6.07, 6.45) is 6.21. The zero-order valence-electron chi connectivity index (χ0n) is 12.3. The second-order valence-corrected chi connectivity index (χ2v) is 6.29. The highest BCUT2D eigenvalue weighted by Crippen LogP contribution is 2.36. The molecule has 0 aromatic heterocycles. The average Bonchev–Trinajstić information content (AvgIpc) is 3.39. The lowest BCUT2D eigenvalue weighted by Gasteiger charge is -2.33. The number of ether oxygens (including phenoxy) is 1. The largest absolute Gasteiger partial charge is 0.480 e. The zero-order valence-corrected chi connectivity index (χ0v) is 12.3. The summed E-state index contributed by atoms with van der Waals surface area (Å²) in [5.74, 6) is 1.07. The topological polar surface area (TPSA) is 29.5 Å². The van der Waals surface area contributed by atoms with Gasteiger partial charge in [-0.3, -0.25) is 4.79 Å². The number of rotatable bonds is 1. The van der Waals surface area contributed by atoms with E-state index in [1.54, 1.807) is 11.1 Å². The van der Waals surface area contributed by atoms with Gasteiger partial charge in [-0.05, 0) is 50.2 Å². The standard InChI is InChI=1S/C18H21NO2/c20-18(19-11-9-14(10-12-19)13-5-6-13)17-8-7-15-3-1-2-4-16(15)21-17/h1-4,17H,5-12H2. The van der Waals surface area contributed by atoms with Gasteiger partial charge in [0.15, 0.2) is 6.10 Å². The number of hydrogen-bond acceptors (Lipinski definition) is 2. The monoisotopic (exact) mass is 283 g/mol. The van der Waals surface area contributed by atoms with E-state index in [1.807, 2.05) is 23.1 Å². The van der Waals surface area contributed by atoms with E-state index in [4.69, 9.17) is 4.74 Å². The second kappa shape index (κ2) is 5.21. The van der Waals surface area contributed by atoms with Gasteiger partial charge >= 0.3 is 0 Å². The molecule has 1 unspecified atom stereocenters. The van der Waals surface area contributed by atoms with Crippen molar-refractivity contribution in [3.63, 3.8) is 0 Å². The number of likely N-dealkylation sites (tertiary alicyclic amines) is 1. The van der Waals surface area contributed by atoms with Crippen molar-refractivity contribution >= 4 is 5.91 Å². The van der Waals surface area contributed by atoms with Crippen molar-refractivity contribution in [3.8, 4) is 5.75 Å². The van der Waals surface area contributed by atoms with Crippen LogP contribution >= 0.6 is 0 Å². The minimum Gasteiger partial charge on any atom is -0.480 e. The van der Waals surface area contributed by atoms with E-state index in [0.717, 1.165) is 44.5 Å². The lowest BCUT2D eigenvalue weighted by molar-refractivity contribution is -0.139. The molecule has 1 saturated carbocycles. The third-order valence-electron chi connectivity index (χ3n) is 4.87. The van der Waals surface area contributed by atoms with Gasteiger partial charge in [0.2, 0.25) is 0 Å². The predicted octanol–water partition coefficient (Wildman–Crippen LogP) is 3.09. The molecule has 1 aromatic carbocycles. The van der Waals surface area contributed by atoms with Gasteiger partial charge in [0.05, 0.1) is 0 Å². The fourth-order valence-electron chi connectivity index (χ4n) is 3.47. The van der Waals surface area contributed by atoms with Crippen LogP contribution in [0.3, 0.4) is 0 Å². The molecule has 2 fully saturated rings. The number of carbonyl (C=O) groups is 1. The van der Waals surface area contributed by atoms with E-state index >= 15 is 0 Å². The number of piperidine rings is 1. The summed E-state index contributed by atoms with van der Waals surface area (Å²) in [5.41, 5.74) is 4.50. The minimum atomic E-state index is -0.282. The van der Waals surface area contributed by atoms with Gasteiger partial charge in [-0.2, -0.15) is 0 Å². The Labute approximate surface area is 125 Å². The van der Waals surface area contributed by atoms with Gasteiger partial charge in [-0.1, -0.05) is 29.3 Å². The van der Waals surface area contributed by atoms with Crippen LogP contribution in [0.25, 0.3) is 0 Å². The van der Waals surface area contributed by atoms with E-state index in [-0.39, 0.29) is 12.0 Å². The van der Waals surface area contributed by atoms with Gasteiger partial charge in [0.1, 0.15) is 5.75 Å². The first-order valence-electron chi connectivity index (χ1n) is 8.04. The summed E-state index contributed by atoms with van der Waals surface area (Å²) in [6, 6.07) is 8.06. The first kappa shape index (κ1) is 12.9. The third-order valence-corrected chi connectivity index (χ3v) is 4.87. The Bertz CT molecular complexity index is 589. The molecule has 21 heavy (non-hydrogen) atoms. The first-order chi connectivity index (χ1) is 10.3. The quantitative estimate of drug-likeness (QED) is 0.741. The van der Waals surface area contributed by atoms with Gasteiger partial charge in [-0.15, -0.1) is 0 Å². The van der Waals surface area contributed by atoms with Crippen LogP contribution in [0.2, 0.25) is 0 Å². The molecule has 0 spiro atoms. The van der Waals surface area contributed by atoms with Crippen molar-refractivity contribution in [2.75, 3.05) is 13.1 Å². The first-order valence-corrected chi connectivity index (χ1v) is 8.04. The highest BCUT2D eigenvalue weighted by molar-refractivity contribution is 5.82. The number of amides is 1. The van der Waals surface area contributed by atoms with Crippen LogP contribution in [0, 0.1) is 0 Å². The molecule has 2 aliphatic heterocycles. The Morgan fingerprint density at radius 3 is 2.48 bits per heavy atom. The summed E-state index contributed by atoms with van der Waals surface area (Å²) in [7, 11) is 0. The number of hydrogen-bond donors (Lipinski definition) is 0. The molecule has 3 heteroatoms. The fraction of sp³-hybridized carbons (Fsp3) is 0.500. The maximum Gasteiger partial charge on any atom is 0.263 e. The maximum atomic E-state index is 12.6. The fourth-order valence-corrected chi connectivity index (χ4v) is 3.47. The predicted molar refractivity (Wildman–Crippen MR) is 81.3 cm³/mol. The molecule has 3 nitrogen and oxygen atoms in total. The number of nitrogens with zero attached hydrogens (tertiary/aromatic N) is 1. The van der Waals surface area contributed by atoms with Crippen molar-refractivity contribution in [2.24, 2.45) is 0 Å². The van der Waals surface area contributed by atoms with E-state index in [9.17, 15) is 4.79 Å². The SMILES string of the molecule is O=C(C1CCc2ccccc2O1)N1CCC(=C2CC2)CC1. The van der Waals surface area contributed by atoms with E-state index in [1.165, 1.54) is 18.4 Å². The Morgan fingerprint density at radius 1 is 1.00 bits per heavy atom. The van der Waals surface area contributed by atoms with Gasteiger partial charge in [0.25, 0.3) is 5.91 Å². The van der Waals surface area contributed by atoms with Crippen LogP contribution in [-0.4, -0.2) is 30.0 Å². The van der Waals surface area contributed by atoms with Crippen molar-refractivity contribution in [2.45, 2.75) is 44.6 Å². The normalized spacial score (nSPS) is 24.4. The zero-order chi connectivity index (χ0) is 14.2. The highest BCUT2D eigenvalue weighted by Gasteiger charge is 2.32. The number of fused-ring (bicyclic) bond motifs is 1. The van der Waals surface area contributed by atoms with Crippen molar-refractivity contribution in [3.05, 3.63) is 41.0 Å². The highest BCUT2D eigenvalue weighted by atomic mass is 16.5. The molecule has 0 radical (unpaired) electrons. The van der Waals surface area contributed by atoms with Crippen LogP contribution in [0.4, 0.5) is 0 Å². The van der Waals surface area contributed by atoms with Crippen LogP contribution in [0.5, 0.6) is 5.75 Å². The van der Waals surface area contributed by atoms with Gasteiger partial charge < -0.3 is 9.64 Å². The lowest BCUT2D eigenvalue weighted by Crippen LogP contribution is -2.46. The molecule has 3 aliphatic rings. The number of para-hydroxylation sites is 1. The summed E-state index contributed by atoms with van der Waals surface area (Å²) in [6.45, 7) is 1.75. The van der Waals surface area contributed by atoms with Crippen LogP contribution < -0.4 is 4.74 Å². The molecule has 0 bridgehead atoms. The van der Waals surface area contributed by atoms with Crippen LogP contribution in [0.1, 0.15) is 37.7 Å². The summed E-state index contributed by atoms with van der Waals surface area (Å²) in [4.78, 5) is 14.6. The smallest absolute Gasteiger partial charge is 0.263 e. The third kappa shape index (κ3) is 2.57. The Balaban J connectivity index is 1.41. The van der Waals surface area contributed by atoms with E-state index < -0.39 is 0 Å². The number of benzene rings is 1. The summed E-state index contributed by atoms with van der Waals surface area (Å²) < 4.78 is 5.93. The van der Waals surface area contributed by atoms with E-state index in [0.29, 0.717) is 0 Å². The minimum absolute atomic E-state index is 0.185. The summed E-state index contributed by atoms with van der Waals surface area (Å²) in [5, 5.41) is 0. The number of carbonyl (C=O) groups excluding carboxylic acids is 1. The molecule has 110 valence electrons. The van der Waals surface area contributed by atoms with Crippen LogP contribution in [0.15, 0.2) is 35.4 Å². The Morgan fingerprint density at radius 2 is 1.71 bits per heavy atom. The lowest BCUT2D eigenvalue weighted by atomic mass is 9.99. The molecular weight excluding hydrogens is 262 g/mol. The average molecular weight is 283 g/mol. The maximum absolute atomic E-state index is 12.6. The molecule has 1 atom stereocenters. The Kier molecular flexibility index (Phi) is 3.21. The second-order valence-electron chi connectivity index (χ2n) is 6.29. The molecule has 2 heterocycles. The number of allylic oxidation sites excluding steroid dienone is 1. The van der Waals surface area contributed by atoms with Gasteiger partial charge in [-0.25, -0.2) is 0 Å². The molecule has 1 saturated heterocycles. The van der Waals surface area contributed by atoms with Crippen molar-refractivity contribution in [1.82, 2.24) is 4.90 Å². The molecule has 0 N–H and O–H groups in total. The molecule has 1 aliphatic carbocycles. The van der Waals surface area contributed by atoms with Crippen molar-refractivity contribution < 1.29 is 9.53 Å². The molecule has 1 aromatic rings. The van der Waals surface area contributed by atoms with Crippen molar-refractivity contribution in [1.29, 1.82) is 0 Å². The number of aryl methyl sites for hydroxylation is 1. The van der Waals surface area contributed by atoms with Crippen LogP contribution in [-0.2, 0) is 11.2 Å². The molecule has 4 rings (SSSR count). The van der Waals surface area contributed by atoms with E-state index in [2.05, 4.69) is 6.07 Å². The summed E-state index contributed by atoms with van der Waals surface area (Å²) >= 11 is 0. The molecular formula is C18H21NO2.